The normalized spacial score (nSPS) is 24.4. The zero-order chi connectivity index (χ0) is 13.6. The maximum atomic E-state index is 6.22. The maximum Gasteiger partial charge on any atom is 0.0661 e. The molecule has 2 aromatic rings. The molecule has 2 atom stereocenters. The summed E-state index contributed by atoms with van der Waals surface area (Å²) in [6, 6.07) is 7.08. The zero-order valence-electron chi connectivity index (χ0n) is 11.4. The highest BCUT2D eigenvalue weighted by Crippen LogP contribution is 2.36. The van der Waals surface area contributed by atoms with Gasteiger partial charge in [0, 0.05) is 36.7 Å². The summed E-state index contributed by atoms with van der Waals surface area (Å²) < 4.78 is 2.09. The van der Waals surface area contributed by atoms with E-state index in [9.17, 15) is 0 Å². The first-order chi connectivity index (χ1) is 9.10. The van der Waals surface area contributed by atoms with Crippen LogP contribution in [-0.4, -0.2) is 29.6 Å². The molecule has 0 bridgehead atoms. The highest BCUT2D eigenvalue weighted by atomic mass is 35.5. The topological polar surface area (TPSA) is 34.2 Å². The van der Waals surface area contributed by atoms with E-state index in [-0.39, 0.29) is 0 Å². The minimum absolute atomic E-state index is 0.478. The monoisotopic (exact) mass is 277 g/mol. The third-order valence-corrected chi connectivity index (χ3v) is 4.62. The average Bonchev–Trinajstić information content (AvgIpc) is 2.91. The number of likely N-dealkylation sites (tertiary alicyclic amines) is 1. The van der Waals surface area contributed by atoms with Gasteiger partial charge in [-0.15, -0.1) is 0 Å². The number of benzene rings is 1. The van der Waals surface area contributed by atoms with Gasteiger partial charge >= 0.3 is 0 Å². The zero-order valence-corrected chi connectivity index (χ0v) is 12.2. The molecule has 1 fully saturated rings. The fourth-order valence-electron chi connectivity index (χ4n) is 3.22. The van der Waals surface area contributed by atoms with Gasteiger partial charge in [-0.3, -0.25) is 4.90 Å². The van der Waals surface area contributed by atoms with Gasteiger partial charge in [-0.05, 0) is 37.6 Å². The second kappa shape index (κ2) is 4.82. The van der Waals surface area contributed by atoms with E-state index in [1.54, 1.807) is 0 Å². The average molecular weight is 278 g/mol. The molecule has 1 aliphatic heterocycles. The van der Waals surface area contributed by atoms with Gasteiger partial charge in [0.1, 0.15) is 0 Å². The quantitative estimate of drug-likeness (QED) is 0.916. The molecule has 0 aliphatic carbocycles. The van der Waals surface area contributed by atoms with E-state index in [0.29, 0.717) is 12.0 Å². The Kier molecular flexibility index (Phi) is 3.29. The number of hydrogen-bond donors (Lipinski definition) is 1. The van der Waals surface area contributed by atoms with Crippen molar-refractivity contribution < 1.29 is 0 Å². The molecular formula is C15H20ClN3. The van der Waals surface area contributed by atoms with E-state index in [1.807, 2.05) is 13.2 Å². The number of nitrogens with two attached hydrogens (primary N) is 1. The molecule has 0 saturated carbocycles. The van der Waals surface area contributed by atoms with Crippen molar-refractivity contribution in [2.24, 2.45) is 18.7 Å². The molecule has 3 nitrogen and oxygen atoms in total. The first-order valence-corrected chi connectivity index (χ1v) is 7.12. The Hall–Kier alpha value is -1.03. The Labute approximate surface area is 118 Å². The number of rotatable bonds is 2. The van der Waals surface area contributed by atoms with E-state index in [4.69, 9.17) is 17.3 Å². The Morgan fingerprint density at radius 2 is 2.16 bits per heavy atom. The summed E-state index contributed by atoms with van der Waals surface area (Å²) >= 11 is 6.22. The molecule has 19 heavy (non-hydrogen) atoms. The lowest BCUT2D eigenvalue weighted by molar-refractivity contribution is 0.314. The van der Waals surface area contributed by atoms with Gasteiger partial charge in [-0.1, -0.05) is 23.7 Å². The fourth-order valence-corrected chi connectivity index (χ4v) is 3.53. The van der Waals surface area contributed by atoms with Crippen molar-refractivity contribution in [1.29, 1.82) is 0 Å². The molecule has 102 valence electrons. The van der Waals surface area contributed by atoms with Crippen LogP contribution in [0, 0.1) is 5.92 Å². The minimum atomic E-state index is 0.478. The molecule has 1 aromatic heterocycles. The molecule has 2 unspecified atom stereocenters. The lowest BCUT2D eigenvalue weighted by Crippen LogP contribution is -2.20. The highest BCUT2D eigenvalue weighted by Gasteiger charge is 2.29. The maximum absolute atomic E-state index is 6.22. The Balaban J connectivity index is 1.99. The molecule has 0 spiro atoms. The number of aromatic nitrogens is 1. The van der Waals surface area contributed by atoms with Crippen molar-refractivity contribution in [1.82, 2.24) is 9.47 Å². The summed E-state index contributed by atoms with van der Waals surface area (Å²) in [5.74, 6) is 0.614. The number of fused-ring (bicyclic) bond motifs is 1. The summed E-state index contributed by atoms with van der Waals surface area (Å²) in [4.78, 5) is 2.41. The van der Waals surface area contributed by atoms with Crippen molar-refractivity contribution in [3.63, 3.8) is 0 Å². The summed E-state index contributed by atoms with van der Waals surface area (Å²) in [6.45, 7) is 1.87. The predicted octanol–water partition coefficient (Wildman–Crippen LogP) is 2.78. The van der Waals surface area contributed by atoms with E-state index in [2.05, 4.69) is 34.7 Å². The van der Waals surface area contributed by atoms with Crippen LogP contribution in [-0.2, 0) is 7.05 Å². The van der Waals surface area contributed by atoms with Gasteiger partial charge in [-0.25, -0.2) is 0 Å². The second-order valence-corrected chi connectivity index (χ2v) is 6.06. The van der Waals surface area contributed by atoms with Crippen LogP contribution in [0.25, 0.3) is 10.9 Å². The summed E-state index contributed by atoms with van der Waals surface area (Å²) in [7, 11) is 4.22. The van der Waals surface area contributed by atoms with Gasteiger partial charge < -0.3 is 10.3 Å². The van der Waals surface area contributed by atoms with Crippen LogP contribution in [0.2, 0.25) is 5.02 Å². The van der Waals surface area contributed by atoms with Crippen LogP contribution in [0.4, 0.5) is 0 Å². The van der Waals surface area contributed by atoms with Crippen LogP contribution in [0.5, 0.6) is 0 Å². The molecule has 1 aliphatic rings. The third-order valence-electron chi connectivity index (χ3n) is 4.32. The molecule has 0 radical (unpaired) electrons. The first-order valence-electron chi connectivity index (χ1n) is 6.75. The van der Waals surface area contributed by atoms with E-state index < -0.39 is 0 Å². The standard InChI is InChI=1S/C15H20ClN3/c1-18-8-10(7-17)5-14(18)11-3-4-12-13(16)9-19(2)15(12)6-11/h3-4,6,9-10,14H,5,7-8,17H2,1-2H3. The molecule has 2 heterocycles. The van der Waals surface area contributed by atoms with Crippen molar-refractivity contribution in [2.45, 2.75) is 12.5 Å². The van der Waals surface area contributed by atoms with Crippen molar-refractivity contribution in [3.05, 3.63) is 35.0 Å². The highest BCUT2D eigenvalue weighted by molar-refractivity contribution is 6.35. The Bertz CT molecular complexity index is 605. The van der Waals surface area contributed by atoms with Crippen LogP contribution < -0.4 is 5.73 Å². The molecule has 1 aromatic carbocycles. The Morgan fingerprint density at radius 3 is 2.84 bits per heavy atom. The van der Waals surface area contributed by atoms with Crippen molar-refractivity contribution in [3.8, 4) is 0 Å². The SMILES string of the molecule is CN1CC(CN)CC1c1ccc2c(Cl)cn(C)c2c1. The van der Waals surface area contributed by atoms with Gasteiger partial charge in [0.15, 0.2) is 0 Å². The molecule has 3 rings (SSSR count). The van der Waals surface area contributed by atoms with Crippen molar-refractivity contribution >= 4 is 22.5 Å². The van der Waals surface area contributed by atoms with Crippen molar-refractivity contribution in [2.75, 3.05) is 20.1 Å². The predicted molar refractivity (Wildman–Crippen MR) is 80.5 cm³/mol. The molecule has 0 amide bonds. The van der Waals surface area contributed by atoms with Crippen LogP contribution in [0.1, 0.15) is 18.0 Å². The summed E-state index contributed by atoms with van der Waals surface area (Å²) in [5, 5.41) is 1.95. The van der Waals surface area contributed by atoms with Crippen LogP contribution in [0.3, 0.4) is 0 Å². The van der Waals surface area contributed by atoms with Gasteiger partial charge in [0.05, 0.1) is 5.02 Å². The van der Waals surface area contributed by atoms with Gasteiger partial charge in [0.25, 0.3) is 0 Å². The lowest BCUT2D eigenvalue weighted by Gasteiger charge is -2.19. The largest absolute Gasteiger partial charge is 0.349 e. The summed E-state index contributed by atoms with van der Waals surface area (Å²) in [6.07, 6.45) is 3.12. The van der Waals surface area contributed by atoms with E-state index in [1.165, 1.54) is 11.1 Å². The number of halogens is 1. The van der Waals surface area contributed by atoms with E-state index in [0.717, 1.165) is 29.9 Å². The number of hydrogen-bond acceptors (Lipinski definition) is 2. The minimum Gasteiger partial charge on any atom is -0.349 e. The third kappa shape index (κ3) is 2.16. The van der Waals surface area contributed by atoms with Crippen LogP contribution in [0.15, 0.2) is 24.4 Å². The van der Waals surface area contributed by atoms with Gasteiger partial charge in [-0.2, -0.15) is 0 Å². The number of aryl methyl sites for hydroxylation is 1. The molecule has 4 heteroatoms. The first kappa shape index (κ1) is 13.0. The lowest BCUT2D eigenvalue weighted by atomic mass is 9.99. The molecule has 1 saturated heterocycles. The Morgan fingerprint density at radius 1 is 1.37 bits per heavy atom. The number of nitrogens with zero attached hydrogens (tertiary/aromatic N) is 2. The van der Waals surface area contributed by atoms with E-state index >= 15 is 0 Å². The van der Waals surface area contributed by atoms with Crippen LogP contribution >= 0.6 is 11.6 Å². The molecule has 2 N–H and O–H groups in total. The second-order valence-electron chi connectivity index (χ2n) is 5.66. The van der Waals surface area contributed by atoms with Gasteiger partial charge in [0.2, 0.25) is 0 Å². The summed E-state index contributed by atoms with van der Waals surface area (Å²) in [5.41, 5.74) is 8.37. The smallest absolute Gasteiger partial charge is 0.0661 e. The fraction of sp³-hybridized carbons (Fsp3) is 0.467. The molecular weight excluding hydrogens is 258 g/mol.